The lowest BCUT2D eigenvalue weighted by Crippen LogP contribution is -2.49. The van der Waals surface area contributed by atoms with Crippen LogP contribution in [-0.4, -0.2) is 75.7 Å². The highest BCUT2D eigenvalue weighted by Gasteiger charge is 2.45. The Balaban J connectivity index is 0.000000788. The highest BCUT2D eigenvalue weighted by atomic mass is 32.2. The summed E-state index contributed by atoms with van der Waals surface area (Å²) < 4.78 is 25.6. The van der Waals surface area contributed by atoms with Gasteiger partial charge in [-0.15, -0.1) is 0 Å². The molecule has 0 bridgehead atoms. The van der Waals surface area contributed by atoms with Crippen molar-refractivity contribution in [3.05, 3.63) is 101 Å². The molecule has 0 radical (unpaired) electrons. The first kappa shape index (κ1) is 45.4. The predicted molar refractivity (Wildman–Crippen MR) is 215 cm³/mol. The van der Waals surface area contributed by atoms with E-state index in [4.69, 9.17) is 9.90 Å². The molecule has 1 aliphatic carbocycles. The minimum absolute atomic E-state index is 0.0417. The fourth-order valence-corrected chi connectivity index (χ4v) is 5.94. The molecule has 1 aliphatic rings. The van der Waals surface area contributed by atoms with Crippen molar-refractivity contribution in [3.8, 4) is 0 Å². The number of amides is 3. The summed E-state index contributed by atoms with van der Waals surface area (Å²) in [6.07, 6.45) is 3.66. The molecule has 0 saturated heterocycles. The number of hydrogen-bond acceptors (Lipinski definition) is 7. The highest BCUT2D eigenvalue weighted by molar-refractivity contribution is 7.92. The molecule has 54 heavy (non-hydrogen) atoms. The topological polar surface area (TPSA) is 174 Å². The third kappa shape index (κ3) is 16.1. The molecule has 1 unspecified atom stereocenters. The molecular weight excluding hydrogens is 707 g/mol. The van der Waals surface area contributed by atoms with Crippen molar-refractivity contribution in [3.63, 3.8) is 0 Å². The summed E-state index contributed by atoms with van der Waals surface area (Å²) in [7, 11) is -2.28. The van der Waals surface area contributed by atoms with Gasteiger partial charge in [0.2, 0.25) is 15.9 Å². The molecule has 0 aliphatic heterocycles. The number of aliphatic carboxylic acids is 1. The monoisotopic (exact) mass is 765 g/mol. The number of carbonyl (C=O) groups is 4. The molecule has 12 nitrogen and oxygen atoms in total. The molecule has 0 spiro atoms. The molecule has 1 saturated carbocycles. The maximum absolute atomic E-state index is 13.3. The second kappa shape index (κ2) is 21.2. The zero-order chi connectivity index (χ0) is 40.6. The van der Waals surface area contributed by atoms with E-state index in [0.717, 1.165) is 35.9 Å². The SMILES string of the molecule is CC(=O)O.CCC[C@H](NC[C@H](C)NC(=O)c1cc(C(=O)N[C@H](C)c2ccccc2)cc(N(C)S(C)(=O)=O)c1)C(=O)NCC1CC1(C)C.Cc1ccccc1. The van der Waals surface area contributed by atoms with Crippen LogP contribution in [0.4, 0.5) is 5.69 Å². The van der Waals surface area contributed by atoms with Crippen molar-refractivity contribution in [2.75, 3.05) is 30.7 Å². The Hall–Kier alpha value is -4.75. The van der Waals surface area contributed by atoms with Gasteiger partial charge in [-0.2, -0.15) is 0 Å². The number of benzene rings is 3. The van der Waals surface area contributed by atoms with E-state index in [1.54, 1.807) is 0 Å². The quantitative estimate of drug-likeness (QED) is 0.131. The van der Waals surface area contributed by atoms with Gasteiger partial charge in [0, 0.05) is 44.2 Å². The average Bonchev–Trinajstić information content (AvgIpc) is 3.74. The summed E-state index contributed by atoms with van der Waals surface area (Å²) in [6, 6.07) is 23.0. The van der Waals surface area contributed by atoms with Crippen molar-refractivity contribution in [2.45, 2.75) is 85.9 Å². The van der Waals surface area contributed by atoms with E-state index in [9.17, 15) is 22.8 Å². The summed E-state index contributed by atoms with van der Waals surface area (Å²) in [5.41, 5.74) is 3.01. The Morgan fingerprint density at radius 3 is 1.85 bits per heavy atom. The molecular formula is C41H59N5O7S. The smallest absolute Gasteiger partial charge is 0.300 e. The minimum atomic E-state index is -3.65. The first-order chi connectivity index (χ1) is 25.2. The molecule has 4 atom stereocenters. The predicted octanol–water partition coefficient (Wildman–Crippen LogP) is 5.70. The molecule has 5 N–H and O–H groups in total. The van der Waals surface area contributed by atoms with E-state index < -0.39 is 27.8 Å². The van der Waals surface area contributed by atoms with Crippen LogP contribution < -0.4 is 25.6 Å². The van der Waals surface area contributed by atoms with Gasteiger partial charge in [0.1, 0.15) is 0 Å². The summed E-state index contributed by atoms with van der Waals surface area (Å²) in [5, 5.41) is 19.6. The average molecular weight is 766 g/mol. The molecule has 1 fully saturated rings. The van der Waals surface area contributed by atoms with E-state index in [1.807, 2.05) is 69.3 Å². The molecule has 3 amide bonds. The van der Waals surface area contributed by atoms with Gasteiger partial charge in [-0.1, -0.05) is 93.4 Å². The lowest BCUT2D eigenvalue weighted by Gasteiger charge is -2.22. The number of anilines is 1. The zero-order valence-electron chi connectivity index (χ0n) is 33.1. The summed E-state index contributed by atoms with van der Waals surface area (Å²) in [6.45, 7) is 14.3. The minimum Gasteiger partial charge on any atom is -0.481 e. The lowest BCUT2D eigenvalue weighted by molar-refractivity contribution is -0.134. The van der Waals surface area contributed by atoms with Gasteiger partial charge >= 0.3 is 0 Å². The Bertz CT molecular complexity index is 1780. The summed E-state index contributed by atoms with van der Waals surface area (Å²) in [5.74, 6) is -1.27. The van der Waals surface area contributed by atoms with Crippen LogP contribution in [-0.2, 0) is 19.6 Å². The van der Waals surface area contributed by atoms with Crippen LogP contribution in [0, 0.1) is 18.3 Å². The van der Waals surface area contributed by atoms with Crippen LogP contribution in [0.25, 0.3) is 0 Å². The lowest BCUT2D eigenvalue weighted by atomic mass is 10.1. The van der Waals surface area contributed by atoms with Crippen LogP contribution >= 0.6 is 0 Å². The highest BCUT2D eigenvalue weighted by Crippen LogP contribution is 2.51. The number of aryl methyl sites for hydroxylation is 1. The zero-order valence-corrected chi connectivity index (χ0v) is 33.9. The van der Waals surface area contributed by atoms with Gasteiger partial charge in [0.25, 0.3) is 17.8 Å². The van der Waals surface area contributed by atoms with Crippen LogP contribution in [0.5, 0.6) is 0 Å². The number of nitrogens with one attached hydrogen (secondary N) is 4. The molecule has 0 aromatic heterocycles. The number of hydrogen-bond donors (Lipinski definition) is 5. The summed E-state index contributed by atoms with van der Waals surface area (Å²) in [4.78, 5) is 48.4. The molecule has 4 rings (SSSR count). The Morgan fingerprint density at radius 2 is 1.41 bits per heavy atom. The van der Waals surface area contributed by atoms with Crippen molar-refractivity contribution in [1.29, 1.82) is 0 Å². The first-order valence-electron chi connectivity index (χ1n) is 18.2. The van der Waals surface area contributed by atoms with E-state index in [0.29, 0.717) is 25.4 Å². The maximum Gasteiger partial charge on any atom is 0.300 e. The van der Waals surface area contributed by atoms with Crippen LogP contribution in [0.15, 0.2) is 78.9 Å². The van der Waals surface area contributed by atoms with Gasteiger partial charge in [-0.05, 0) is 68.7 Å². The molecule has 296 valence electrons. The third-order valence-electron chi connectivity index (χ3n) is 9.07. The van der Waals surface area contributed by atoms with E-state index in [2.05, 4.69) is 54.2 Å². The second-order valence-corrected chi connectivity index (χ2v) is 16.6. The Morgan fingerprint density at radius 1 is 0.907 bits per heavy atom. The third-order valence-corrected chi connectivity index (χ3v) is 10.3. The van der Waals surface area contributed by atoms with Gasteiger partial charge in [-0.3, -0.25) is 23.5 Å². The standard InChI is InChI=1S/C32H47N5O5S.C7H8.C2H4O2/c1-8-12-28(31(40)34-20-26-18-32(26,4)5)33-19-21(2)35-29(38)24-15-25(17-27(16-24)37(6)43(7,41)42)30(39)36-22(3)23-13-10-9-11-14-23;1-7-5-3-2-4-6-7;1-2(3)4/h9-11,13-17,21-22,26,28,33H,8,12,18-20H2,1-7H3,(H,34,40)(H,35,38)(H,36,39);2-6H,1H3;1H3,(H,3,4)/t21-,22+,26?,28-;;/m0../s1. The number of carbonyl (C=O) groups excluding carboxylic acids is 3. The van der Waals surface area contributed by atoms with Gasteiger partial charge in [0.15, 0.2) is 0 Å². The van der Waals surface area contributed by atoms with Crippen molar-refractivity contribution in [2.24, 2.45) is 11.3 Å². The number of carboxylic acid groups (broad SMARTS) is 1. The van der Waals surface area contributed by atoms with Crippen LogP contribution in [0.2, 0.25) is 0 Å². The van der Waals surface area contributed by atoms with Crippen molar-refractivity contribution >= 4 is 39.4 Å². The normalized spacial score (nSPS) is 15.7. The molecule has 0 heterocycles. The Kier molecular flexibility index (Phi) is 17.8. The largest absolute Gasteiger partial charge is 0.481 e. The van der Waals surface area contributed by atoms with Crippen molar-refractivity contribution in [1.82, 2.24) is 21.3 Å². The maximum atomic E-state index is 13.3. The van der Waals surface area contributed by atoms with E-state index in [1.165, 1.54) is 30.8 Å². The Labute approximate surface area is 321 Å². The molecule has 13 heteroatoms. The van der Waals surface area contributed by atoms with Crippen LogP contribution in [0.1, 0.15) is 98.7 Å². The fraction of sp³-hybridized carbons (Fsp3) is 0.463. The molecule has 3 aromatic rings. The van der Waals surface area contributed by atoms with Gasteiger partial charge in [0.05, 0.1) is 24.0 Å². The van der Waals surface area contributed by atoms with Gasteiger partial charge in [-0.25, -0.2) is 8.42 Å². The van der Waals surface area contributed by atoms with Gasteiger partial charge < -0.3 is 26.4 Å². The van der Waals surface area contributed by atoms with E-state index >= 15 is 0 Å². The first-order valence-corrected chi connectivity index (χ1v) is 20.1. The molecule has 3 aromatic carbocycles. The van der Waals surface area contributed by atoms with Crippen molar-refractivity contribution < 1.29 is 32.7 Å². The second-order valence-electron chi connectivity index (χ2n) is 14.5. The fourth-order valence-electron chi connectivity index (χ4n) is 5.45. The van der Waals surface area contributed by atoms with Crippen LogP contribution in [0.3, 0.4) is 0 Å². The number of nitrogens with zero attached hydrogens (tertiary/aromatic N) is 1. The van der Waals surface area contributed by atoms with E-state index in [-0.39, 0.29) is 46.3 Å². The summed E-state index contributed by atoms with van der Waals surface area (Å²) >= 11 is 0. The number of carboxylic acids is 1. The number of sulfonamides is 1. The number of rotatable bonds is 15.